The number of rotatable bonds is 5. The lowest BCUT2D eigenvalue weighted by atomic mass is 9.82. The molecule has 0 radical (unpaired) electrons. The van der Waals surface area contributed by atoms with Crippen LogP contribution in [-0.2, 0) is 9.53 Å². The van der Waals surface area contributed by atoms with Crippen LogP contribution in [0.1, 0.15) is 53.4 Å². The summed E-state index contributed by atoms with van der Waals surface area (Å²) in [7, 11) is 1.48. The minimum atomic E-state index is -0.0478. The van der Waals surface area contributed by atoms with Crippen molar-refractivity contribution in [3.63, 3.8) is 0 Å². The molecule has 0 aliphatic heterocycles. The fraction of sp³-hybridized carbons (Fsp3) is 0.917. The standard InChI is InChI=1S/C12H24O2/c1-6-7-8-10(11(13)14-5)9-12(2,3)4/h10H,6-9H2,1-5H3. The fourth-order valence-corrected chi connectivity index (χ4v) is 1.66. The monoisotopic (exact) mass is 200 g/mol. The summed E-state index contributed by atoms with van der Waals surface area (Å²) < 4.78 is 4.82. The summed E-state index contributed by atoms with van der Waals surface area (Å²) in [5.74, 6) is 0.0355. The molecule has 14 heavy (non-hydrogen) atoms. The molecule has 0 rings (SSSR count). The molecule has 0 aromatic carbocycles. The third-order valence-electron chi connectivity index (χ3n) is 2.30. The molecular weight excluding hydrogens is 176 g/mol. The van der Waals surface area contributed by atoms with Crippen LogP contribution in [0.4, 0.5) is 0 Å². The van der Waals surface area contributed by atoms with Crippen molar-refractivity contribution in [3.05, 3.63) is 0 Å². The van der Waals surface area contributed by atoms with Crippen LogP contribution in [-0.4, -0.2) is 13.1 Å². The van der Waals surface area contributed by atoms with Gasteiger partial charge in [-0.2, -0.15) is 0 Å². The molecule has 0 bridgehead atoms. The van der Waals surface area contributed by atoms with Crippen LogP contribution in [0.25, 0.3) is 0 Å². The first-order valence-corrected chi connectivity index (χ1v) is 5.48. The summed E-state index contributed by atoms with van der Waals surface area (Å²) in [4.78, 5) is 11.5. The van der Waals surface area contributed by atoms with E-state index < -0.39 is 0 Å². The molecule has 0 aliphatic carbocycles. The van der Waals surface area contributed by atoms with Crippen LogP contribution in [0.15, 0.2) is 0 Å². The lowest BCUT2D eigenvalue weighted by Crippen LogP contribution is -2.22. The van der Waals surface area contributed by atoms with Crippen molar-refractivity contribution in [2.24, 2.45) is 11.3 Å². The highest BCUT2D eigenvalue weighted by molar-refractivity contribution is 5.72. The molecule has 2 heteroatoms. The Morgan fingerprint density at radius 2 is 1.93 bits per heavy atom. The zero-order chi connectivity index (χ0) is 11.2. The van der Waals surface area contributed by atoms with Crippen molar-refractivity contribution in [2.75, 3.05) is 7.11 Å². The van der Waals surface area contributed by atoms with E-state index in [1.54, 1.807) is 0 Å². The van der Waals surface area contributed by atoms with Gasteiger partial charge in [-0.05, 0) is 18.3 Å². The second-order valence-corrected chi connectivity index (χ2v) is 5.13. The second kappa shape index (κ2) is 6.05. The average Bonchev–Trinajstić information content (AvgIpc) is 2.09. The maximum Gasteiger partial charge on any atom is 0.308 e. The molecule has 0 aromatic rings. The lowest BCUT2D eigenvalue weighted by molar-refractivity contribution is -0.146. The molecule has 0 aliphatic rings. The Balaban J connectivity index is 4.18. The van der Waals surface area contributed by atoms with Gasteiger partial charge in [0.05, 0.1) is 13.0 Å². The smallest absolute Gasteiger partial charge is 0.308 e. The van der Waals surface area contributed by atoms with Gasteiger partial charge >= 0.3 is 5.97 Å². The minimum absolute atomic E-state index is 0.0478. The van der Waals surface area contributed by atoms with Crippen molar-refractivity contribution >= 4 is 5.97 Å². The highest BCUT2D eigenvalue weighted by Gasteiger charge is 2.24. The Labute approximate surface area is 88.0 Å². The Morgan fingerprint density at radius 3 is 2.29 bits per heavy atom. The molecule has 1 unspecified atom stereocenters. The van der Waals surface area contributed by atoms with E-state index in [9.17, 15) is 4.79 Å². The quantitative estimate of drug-likeness (QED) is 0.636. The number of ether oxygens (including phenoxy) is 1. The van der Waals surface area contributed by atoms with E-state index in [1.807, 2.05) is 0 Å². The predicted octanol–water partition coefficient (Wildman–Crippen LogP) is 3.40. The Bertz CT molecular complexity index is 168. The molecule has 0 saturated heterocycles. The normalized spacial score (nSPS) is 13.8. The van der Waals surface area contributed by atoms with Gasteiger partial charge in [-0.25, -0.2) is 0 Å². The van der Waals surface area contributed by atoms with Crippen LogP contribution >= 0.6 is 0 Å². The zero-order valence-electron chi connectivity index (χ0n) is 10.2. The SMILES string of the molecule is CCCCC(CC(C)(C)C)C(=O)OC. The largest absolute Gasteiger partial charge is 0.469 e. The number of carbonyl (C=O) groups excluding carboxylic acids is 1. The molecule has 0 amide bonds. The molecule has 0 aromatic heterocycles. The van der Waals surface area contributed by atoms with E-state index in [-0.39, 0.29) is 17.3 Å². The third-order valence-corrected chi connectivity index (χ3v) is 2.30. The van der Waals surface area contributed by atoms with Crippen molar-refractivity contribution < 1.29 is 9.53 Å². The molecule has 0 fully saturated rings. The summed E-state index contributed by atoms with van der Waals surface area (Å²) in [5, 5.41) is 0. The lowest BCUT2D eigenvalue weighted by Gasteiger charge is -2.24. The van der Waals surface area contributed by atoms with Crippen LogP contribution in [0.5, 0.6) is 0 Å². The number of carbonyl (C=O) groups is 1. The first-order valence-electron chi connectivity index (χ1n) is 5.48. The van der Waals surface area contributed by atoms with E-state index in [0.29, 0.717) is 0 Å². The van der Waals surface area contributed by atoms with Crippen LogP contribution in [0.3, 0.4) is 0 Å². The van der Waals surface area contributed by atoms with E-state index in [1.165, 1.54) is 7.11 Å². The van der Waals surface area contributed by atoms with Crippen LogP contribution < -0.4 is 0 Å². The van der Waals surface area contributed by atoms with Gasteiger partial charge in [-0.15, -0.1) is 0 Å². The van der Waals surface area contributed by atoms with Gasteiger partial charge in [-0.3, -0.25) is 4.79 Å². The summed E-state index contributed by atoms with van der Waals surface area (Å²) >= 11 is 0. The second-order valence-electron chi connectivity index (χ2n) is 5.13. The number of esters is 1. The number of methoxy groups -OCH3 is 1. The van der Waals surface area contributed by atoms with Gasteiger partial charge in [-0.1, -0.05) is 40.5 Å². The summed E-state index contributed by atoms with van der Waals surface area (Å²) in [6, 6.07) is 0. The van der Waals surface area contributed by atoms with Gasteiger partial charge in [0.1, 0.15) is 0 Å². The van der Waals surface area contributed by atoms with Crippen molar-refractivity contribution in [3.8, 4) is 0 Å². The molecule has 84 valence electrons. The van der Waals surface area contributed by atoms with Crippen molar-refractivity contribution in [2.45, 2.75) is 53.4 Å². The summed E-state index contributed by atoms with van der Waals surface area (Å²) in [5.41, 5.74) is 0.201. The first kappa shape index (κ1) is 13.5. The number of hydrogen-bond donors (Lipinski definition) is 0. The molecule has 0 spiro atoms. The van der Waals surface area contributed by atoms with Gasteiger partial charge in [0, 0.05) is 0 Å². The average molecular weight is 200 g/mol. The number of unbranched alkanes of at least 4 members (excludes halogenated alkanes) is 1. The fourth-order valence-electron chi connectivity index (χ4n) is 1.66. The first-order chi connectivity index (χ1) is 6.40. The highest BCUT2D eigenvalue weighted by atomic mass is 16.5. The molecule has 1 atom stereocenters. The maximum atomic E-state index is 11.5. The van der Waals surface area contributed by atoms with Gasteiger partial charge in [0.15, 0.2) is 0 Å². The summed E-state index contributed by atoms with van der Waals surface area (Å²) in [6.45, 7) is 8.63. The topological polar surface area (TPSA) is 26.3 Å². The van der Waals surface area contributed by atoms with E-state index in [2.05, 4.69) is 27.7 Å². The van der Waals surface area contributed by atoms with Crippen molar-refractivity contribution in [1.82, 2.24) is 0 Å². The van der Waals surface area contributed by atoms with Crippen LogP contribution in [0.2, 0.25) is 0 Å². The molecule has 2 nitrogen and oxygen atoms in total. The third kappa shape index (κ3) is 6.01. The van der Waals surface area contributed by atoms with E-state index in [4.69, 9.17) is 4.74 Å². The molecular formula is C12H24O2. The molecule has 0 saturated carbocycles. The molecule has 0 heterocycles. The minimum Gasteiger partial charge on any atom is -0.469 e. The highest BCUT2D eigenvalue weighted by Crippen LogP contribution is 2.28. The molecule has 0 N–H and O–H groups in total. The van der Waals surface area contributed by atoms with Gasteiger partial charge in [0.25, 0.3) is 0 Å². The Kier molecular flexibility index (Phi) is 5.82. The number of hydrogen-bond acceptors (Lipinski definition) is 2. The Hall–Kier alpha value is -0.530. The van der Waals surface area contributed by atoms with E-state index >= 15 is 0 Å². The van der Waals surface area contributed by atoms with Gasteiger partial charge < -0.3 is 4.74 Å². The summed E-state index contributed by atoms with van der Waals surface area (Å²) in [6.07, 6.45) is 4.12. The van der Waals surface area contributed by atoms with Crippen molar-refractivity contribution in [1.29, 1.82) is 0 Å². The van der Waals surface area contributed by atoms with Gasteiger partial charge in [0.2, 0.25) is 0 Å². The Morgan fingerprint density at radius 1 is 1.36 bits per heavy atom. The van der Waals surface area contributed by atoms with E-state index in [0.717, 1.165) is 25.7 Å². The maximum absolute atomic E-state index is 11.5. The zero-order valence-corrected chi connectivity index (χ0v) is 10.2. The van der Waals surface area contributed by atoms with Crippen LogP contribution in [0, 0.1) is 11.3 Å². The predicted molar refractivity (Wildman–Crippen MR) is 59.1 cm³/mol.